The number of nitrogens with one attached hydrogen (secondary N) is 3. The summed E-state index contributed by atoms with van der Waals surface area (Å²) in [7, 11) is -4.61. The normalized spacial score (nSPS) is 20.2. The number of halogens is 3. The molecule has 3 heterocycles. The molecule has 3 aromatic carbocycles. The van der Waals surface area contributed by atoms with Crippen molar-refractivity contribution in [2.24, 2.45) is 11.3 Å². The molecule has 1 saturated heterocycles. The van der Waals surface area contributed by atoms with Crippen molar-refractivity contribution in [1.29, 1.82) is 0 Å². The molecule has 17 heteroatoms. The molecule has 1 spiro atoms. The molecule has 62 heavy (non-hydrogen) atoms. The Hall–Kier alpha value is -5.32. The molecular formula is C45H48ClF2N7O6S. The Balaban J connectivity index is 0.909. The molecule has 1 amide bonds. The zero-order valence-corrected chi connectivity index (χ0v) is 35.6. The Bertz CT molecular complexity index is 2620. The van der Waals surface area contributed by atoms with E-state index in [1.807, 2.05) is 18.2 Å². The van der Waals surface area contributed by atoms with Crippen LogP contribution in [0, 0.1) is 21.4 Å². The van der Waals surface area contributed by atoms with Gasteiger partial charge in [-0.25, -0.2) is 26.9 Å². The number of carbonyl (C=O) groups excluding carboxylic acids is 1. The minimum atomic E-state index is -4.61. The number of aromatic nitrogens is 2. The number of piperazine rings is 1. The van der Waals surface area contributed by atoms with Crippen molar-refractivity contribution in [3.05, 3.63) is 111 Å². The van der Waals surface area contributed by atoms with Crippen LogP contribution in [0.3, 0.4) is 0 Å². The first-order valence-corrected chi connectivity index (χ1v) is 23.1. The van der Waals surface area contributed by atoms with Gasteiger partial charge in [-0.2, -0.15) is 0 Å². The molecule has 13 nitrogen and oxygen atoms in total. The molecule has 0 radical (unpaired) electrons. The lowest BCUT2D eigenvalue weighted by molar-refractivity contribution is -0.384. The number of anilines is 2. The van der Waals surface area contributed by atoms with Gasteiger partial charge in [0.1, 0.15) is 22.8 Å². The van der Waals surface area contributed by atoms with Crippen LogP contribution in [-0.4, -0.2) is 72.8 Å². The van der Waals surface area contributed by atoms with E-state index in [4.69, 9.17) is 16.3 Å². The van der Waals surface area contributed by atoms with Gasteiger partial charge >= 0.3 is 0 Å². The highest BCUT2D eigenvalue weighted by atomic mass is 35.5. The first kappa shape index (κ1) is 42.0. The van der Waals surface area contributed by atoms with E-state index in [0.29, 0.717) is 43.9 Å². The second-order valence-electron chi connectivity index (χ2n) is 17.3. The number of ether oxygens (including phenoxy) is 1. The van der Waals surface area contributed by atoms with Crippen molar-refractivity contribution in [1.82, 2.24) is 19.6 Å². The van der Waals surface area contributed by atoms with Crippen LogP contribution in [0.2, 0.25) is 5.02 Å². The molecule has 3 N–H and O–H groups in total. The van der Waals surface area contributed by atoms with Crippen molar-refractivity contribution in [2.45, 2.75) is 81.1 Å². The van der Waals surface area contributed by atoms with Crippen LogP contribution < -0.4 is 19.7 Å². The highest BCUT2D eigenvalue weighted by Gasteiger charge is 2.50. The summed E-state index contributed by atoms with van der Waals surface area (Å²) in [5.74, 6) is -3.00. The number of aromatic amines is 1. The van der Waals surface area contributed by atoms with Gasteiger partial charge in [0.15, 0.2) is 0 Å². The summed E-state index contributed by atoms with van der Waals surface area (Å²) in [6.07, 6.45) is 9.74. The molecule has 0 bridgehead atoms. The molecular weight excluding hydrogens is 840 g/mol. The molecule has 2 saturated carbocycles. The smallest absolute Gasteiger partial charge is 0.293 e. The van der Waals surface area contributed by atoms with Crippen LogP contribution in [-0.2, 0) is 16.4 Å². The Morgan fingerprint density at radius 3 is 2.56 bits per heavy atom. The molecule has 326 valence electrons. The van der Waals surface area contributed by atoms with Gasteiger partial charge < -0.3 is 19.9 Å². The number of benzene rings is 3. The lowest BCUT2D eigenvalue weighted by Crippen LogP contribution is -2.47. The molecule has 0 unspecified atom stereocenters. The topological polar surface area (TPSA) is 163 Å². The van der Waals surface area contributed by atoms with E-state index in [1.54, 1.807) is 24.4 Å². The highest BCUT2D eigenvalue weighted by molar-refractivity contribution is 7.90. The third-order valence-electron chi connectivity index (χ3n) is 13.4. The number of H-pyrrole nitrogens is 1. The molecule has 9 rings (SSSR count). The number of carbonyl (C=O) groups is 1. The number of nitrogens with zero attached hydrogens (tertiary/aromatic N) is 4. The number of amides is 1. The third-order valence-corrected chi connectivity index (χ3v) is 15.1. The van der Waals surface area contributed by atoms with E-state index in [2.05, 4.69) is 35.9 Å². The highest BCUT2D eigenvalue weighted by Crippen LogP contribution is 2.57. The maximum absolute atomic E-state index is 13.9. The van der Waals surface area contributed by atoms with E-state index in [9.17, 15) is 32.1 Å². The Morgan fingerprint density at radius 2 is 1.79 bits per heavy atom. The minimum absolute atomic E-state index is 0.0650. The van der Waals surface area contributed by atoms with Gasteiger partial charge in [-0.05, 0) is 110 Å². The van der Waals surface area contributed by atoms with Crippen molar-refractivity contribution >= 4 is 55.6 Å². The zero-order chi connectivity index (χ0) is 43.2. The Labute approximate surface area is 363 Å². The largest absolute Gasteiger partial charge is 0.455 e. The monoisotopic (exact) mass is 887 g/mol. The second-order valence-corrected chi connectivity index (χ2v) is 19.4. The van der Waals surface area contributed by atoms with Gasteiger partial charge in [0.25, 0.3) is 21.6 Å². The summed E-state index contributed by atoms with van der Waals surface area (Å²) in [5.41, 5.74) is 3.47. The third kappa shape index (κ3) is 8.69. The van der Waals surface area contributed by atoms with Gasteiger partial charge in [-0.1, -0.05) is 30.2 Å². The molecule has 4 aliphatic rings. The molecule has 3 fully saturated rings. The minimum Gasteiger partial charge on any atom is -0.455 e. The molecule has 5 aromatic rings. The van der Waals surface area contributed by atoms with Crippen LogP contribution >= 0.6 is 11.6 Å². The van der Waals surface area contributed by atoms with Crippen molar-refractivity contribution in [3.63, 3.8) is 0 Å². The molecule has 1 aliphatic heterocycles. The molecule has 1 atom stereocenters. The number of hydrogen-bond acceptors (Lipinski definition) is 10. The number of nitro benzene ring substituents is 1. The van der Waals surface area contributed by atoms with E-state index in [1.165, 1.54) is 35.5 Å². The van der Waals surface area contributed by atoms with Crippen LogP contribution in [0.4, 0.5) is 25.8 Å². The standard InChI is InChI=1S/C45H48ClF2N7O6S/c46-37-6-3-5-35-34(37)4-1-2-7-39(35)54-20-18-53(19-21-54)31-8-10-36(41(23-31)61-32-22-30-12-17-49-42(30)51-28-32)43(56)52-62(59,60)33-9-11-38(40(24-33)55(57)58)50-27-29-25-44(26-29)13-15-45(47,48)16-14-44/h3,5-6,8-12,17,22-24,28-29,39,50H,1-2,4,7,13-16,18-21,25-27H2,(H,49,51)(H,52,56)/t39-/m1/s1. The zero-order valence-electron chi connectivity index (χ0n) is 34.0. The predicted molar refractivity (Wildman–Crippen MR) is 233 cm³/mol. The van der Waals surface area contributed by atoms with Crippen molar-refractivity contribution in [2.75, 3.05) is 42.9 Å². The van der Waals surface area contributed by atoms with Crippen LogP contribution in [0.15, 0.2) is 84.0 Å². The first-order valence-electron chi connectivity index (χ1n) is 21.2. The van der Waals surface area contributed by atoms with Crippen LogP contribution in [0.5, 0.6) is 11.5 Å². The fourth-order valence-corrected chi connectivity index (χ4v) is 11.3. The van der Waals surface area contributed by atoms with Crippen molar-refractivity contribution in [3.8, 4) is 11.5 Å². The number of alkyl halides is 2. The molecule has 3 aliphatic carbocycles. The van der Waals surface area contributed by atoms with Gasteiger partial charge in [0.05, 0.1) is 21.6 Å². The average Bonchev–Trinajstić information content (AvgIpc) is 3.60. The average molecular weight is 888 g/mol. The quantitative estimate of drug-likeness (QED) is 0.0661. The summed E-state index contributed by atoms with van der Waals surface area (Å²) in [6.45, 7) is 3.39. The number of hydrogen-bond donors (Lipinski definition) is 3. The Morgan fingerprint density at radius 1 is 1.00 bits per heavy atom. The fraction of sp³-hybridized carbons (Fsp3) is 0.422. The summed E-state index contributed by atoms with van der Waals surface area (Å²) in [6, 6.07) is 18.5. The number of rotatable bonds is 11. The Kier molecular flexibility index (Phi) is 11.4. The summed E-state index contributed by atoms with van der Waals surface area (Å²) in [5, 5.41) is 16.8. The predicted octanol–water partition coefficient (Wildman–Crippen LogP) is 9.64. The van der Waals surface area contributed by atoms with E-state index >= 15 is 0 Å². The van der Waals surface area contributed by atoms with Gasteiger partial charge in [0.2, 0.25) is 5.92 Å². The second kappa shape index (κ2) is 16.8. The summed E-state index contributed by atoms with van der Waals surface area (Å²) < 4.78 is 63.3. The lowest BCUT2D eigenvalue weighted by Gasteiger charge is -2.51. The SMILES string of the molecule is O=C(NS(=O)(=O)c1ccc(NCC2CC3(CCC(F)(F)CC3)C2)c([N+](=O)[O-])c1)c1ccc(N2CCN([C@@H]3CCCCc4c(Cl)cccc43)CC2)cc1Oc1cnc2[nH]ccc2c1. The number of nitro groups is 1. The van der Waals surface area contributed by atoms with Crippen LogP contribution in [0.1, 0.15) is 85.3 Å². The van der Waals surface area contributed by atoms with Gasteiger partial charge in [-0.15, -0.1) is 0 Å². The lowest BCUT2D eigenvalue weighted by atomic mass is 9.55. The first-order chi connectivity index (χ1) is 29.7. The molecule has 2 aromatic heterocycles. The van der Waals surface area contributed by atoms with Crippen molar-refractivity contribution < 1.29 is 31.7 Å². The summed E-state index contributed by atoms with van der Waals surface area (Å²) >= 11 is 6.64. The fourth-order valence-electron chi connectivity index (χ4n) is 10.0. The number of sulfonamides is 1. The number of pyridine rings is 1. The number of fused-ring (bicyclic) bond motifs is 2. The van der Waals surface area contributed by atoms with Gasteiger partial charge in [0, 0.05) is 86.0 Å². The van der Waals surface area contributed by atoms with Gasteiger partial charge in [-0.3, -0.25) is 19.8 Å². The van der Waals surface area contributed by atoms with E-state index < -0.39 is 37.4 Å². The maximum Gasteiger partial charge on any atom is 0.293 e. The van der Waals surface area contributed by atoms with E-state index in [-0.39, 0.29) is 47.2 Å². The van der Waals surface area contributed by atoms with E-state index in [0.717, 1.165) is 73.8 Å². The maximum atomic E-state index is 13.9. The summed E-state index contributed by atoms with van der Waals surface area (Å²) in [4.78, 5) is 37.1. The van der Waals surface area contributed by atoms with Crippen LogP contribution in [0.25, 0.3) is 11.0 Å².